The maximum Gasteiger partial charge on any atom is 0.338 e. The third-order valence-corrected chi connectivity index (χ3v) is 6.42. The van der Waals surface area contributed by atoms with Crippen molar-refractivity contribution in [3.05, 3.63) is 57.6 Å². The molecule has 0 aromatic heterocycles. The number of nitro groups is 1. The lowest BCUT2D eigenvalue weighted by atomic mass is 10.1. The van der Waals surface area contributed by atoms with Crippen LogP contribution in [0, 0.1) is 10.1 Å². The molecule has 0 aliphatic carbocycles. The molecule has 2 aromatic carbocycles. The fourth-order valence-corrected chi connectivity index (χ4v) is 4.05. The van der Waals surface area contributed by atoms with Gasteiger partial charge >= 0.3 is 23.9 Å². The lowest BCUT2D eigenvalue weighted by Crippen LogP contribution is -2.16. The Morgan fingerprint density at radius 2 is 1.16 bits per heavy atom. The fourth-order valence-electron chi connectivity index (χ4n) is 4.05. The summed E-state index contributed by atoms with van der Waals surface area (Å²) in [5.41, 5.74) is -0.218. The maximum atomic E-state index is 13.1. The minimum absolute atomic E-state index is 0.0796. The molecule has 2 aromatic rings. The van der Waals surface area contributed by atoms with Crippen molar-refractivity contribution in [2.24, 2.45) is 0 Å². The van der Waals surface area contributed by atoms with E-state index in [0.29, 0.717) is 19.3 Å². The van der Waals surface area contributed by atoms with E-state index in [1.54, 1.807) is 6.07 Å². The molecule has 0 saturated heterocycles. The van der Waals surface area contributed by atoms with Gasteiger partial charge in [-0.05, 0) is 37.5 Å². The van der Waals surface area contributed by atoms with E-state index in [9.17, 15) is 29.3 Å². The Kier molecular flexibility index (Phi) is 15.4. The molecule has 0 spiro atoms. The number of hydrogen-bond donors (Lipinski definition) is 0. The molecule has 43 heavy (non-hydrogen) atoms. The van der Waals surface area contributed by atoms with Crippen molar-refractivity contribution >= 4 is 29.6 Å². The molecule has 0 bridgehead atoms. The van der Waals surface area contributed by atoms with Gasteiger partial charge in [-0.15, -0.1) is 0 Å². The van der Waals surface area contributed by atoms with Gasteiger partial charge in [0.15, 0.2) is 11.5 Å². The van der Waals surface area contributed by atoms with Crippen molar-refractivity contribution in [1.29, 1.82) is 0 Å². The van der Waals surface area contributed by atoms with Crippen LogP contribution in [0.1, 0.15) is 114 Å². The summed E-state index contributed by atoms with van der Waals surface area (Å²) in [6, 6.07) is 8.16. The normalized spacial score (nSPS) is 10.6. The van der Waals surface area contributed by atoms with Gasteiger partial charge in [0.1, 0.15) is 6.61 Å². The van der Waals surface area contributed by atoms with Crippen LogP contribution in [-0.2, 0) is 25.7 Å². The zero-order chi connectivity index (χ0) is 31.6. The van der Waals surface area contributed by atoms with Crippen LogP contribution in [0.5, 0.6) is 17.2 Å². The van der Waals surface area contributed by atoms with Crippen molar-refractivity contribution in [2.45, 2.75) is 104 Å². The van der Waals surface area contributed by atoms with Crippen LogP contribution in [0.2, 0.25) is 0 Å². The number of hydrogen-bond acceptors (Lipinski definition) is 10. The number of carbonyl (C=O) groups excluding carboxylic acids is 4. The predicted octanol–water partition coefficient (Wildman–Crippen LogP) is 7.41. The number of nitrogens with zero attached hydrogens (tertiary/aromatic N) is 1. The van der Waals surface area contributed by atoms with Crippen LogP contribution in [0.15, 0.2) is 36.4 Å². The molecule has 2 rings (SSSR count). The molecule has 0 unspecified atom stereocenters. The summed E-state index contributed by atoms with van der Waals surface area (Å²) < 4.78 is 22.0. The summed E-state index contributed by atoms with van der Waals surface area (Å²) in [4.78, 5) is 62.0. The van der Waals surface area contributed by atoms with E-state index in [1.807, 2.05) is 20.8 Å². The minimum Gasteiger partial charge on any atom is -0.457 e. The number of nitro benzene ring substituents is 1. The molecule has 0 heterocycles. The Morgan fingerprint density at radius 1 is 0.698 bits per heavy atom. The molecule has 0 amide bonds. The van der Waals surface area contributed by atoms with Crippen molar-refractivity contribution < 1.29 is 43.0 Å². The SMILES string of the molecule is CCCCCC(=O)Oc1cc(C(=O)OCc2ccccc2[N+](=O)[O-])cc(OC(=O)CCCCC)c1OC(=O)CCCCC. The lowest BCUT2D eigenvalue weighted by molar-refractivity contribution is -0.385. The monoisotopic (exact) mass is 599 g/mol. The first-order chi connectivity index (χ1) is 20.7. The Balaban J connectivity index is 2.46. The van der Waals surface area contributed by atoms with Crippen LogP contribution in [0.3, 0.4) is 0 Å². The summed E-state index contributed by atoms with van der Waals surface area (Å²) in [5, 5.41) is 11.4. The molecule has 234 valence electrons. The standard InChI is InChI=1S/C32H41NO10/c1-4-7-10-17-28(34)41-26-20-24(32(37)40-22-23-15-13-14-16-25(23)33(38)39)21-27(42-29(35)18-11-8-5-2)31(26)43-30(36)19-12-9-6-3/h13-16,20-21H,4-12,17-19,22H2,1-3H3. The van der Waals surface area contributed by atoms with Gasteiger partial charge in [0.25, 0.3) is 5.69 Å². The number of rotatable bonds is 19. The molecule has 0 N–H and O–H groups in total. The van der Waals surface area contributed by atoms with Gasteiger partial charge in [-0.2, -0.15) is 0 Å². The molecular formula is C32H41NO10. The van der Waals surface area contributed by atoms with Crippen LogP contribution >= 0.6 is 0 Å². The van der Waals surface area contributed by atoms with E-state index in [-0.39, 0.29) is 53.3 Å². The summed E-state index contributed by atoms with van der Waals surface area (Å²) in [5.74, 6) is -3.63. The molecule has 11 nitrogen and oxygen atoms in total. The first kappa shape index (κ1) is 34.9. The average Bonchev–Trinajstić information content (AvgIpc) is 2.97. The van der Waals surface area contributed by atoms with Gasteiger partial charge < -0.3 is 18.9 Å². The highest BCUT2D eigenvalue weighted by molar-refractivity contribution is 5.92. The van der Waals surface area contributed by atoms with E-state index in [0.717, 1.165) is 38.5 Å². The summed E-state index contributed by atoms with van der Waals surface area (Å²) >= 11 is 0. The second-order valence-corrected chi connectivity index (χ2v) is 10.1. The fraction of sp³-hybridized carbons (Fsp3) is 0.500. The molecule has 0 atom stereocenters. The quantitative estimate of drug-likeness (QED) is 0.0525. The largest absolute Gasteiger partial charge is 0.457 e. The van der Waals surface area contributed by atoms with E-state index in [2.05, 4.69) is 0 Å². The molecule has 0 saturated carbocycles. The average molecular weight is 600 g/mol. The second-order valence-electron chi connectivity index (χ2n) is 10.1. The van der Waals surface area contributed by atoms with Crippen LogP contribution < -0.4 is 14.2 Å². The minimum atomic E-state index is -0.925. The number of benzene rings is 2. The van der Waals surface area contributed by atoms with E-state index in [1.165, 1.54) is 30.3 Å². The summed E-state index contributed by atoms with van der Waals surface area (Å²) in [6.07, 6.45) is 7.00. The summed E-state index contributed by atoms with van der Waals surface area (Å²) in [6.45, 7) is 5.55. The lowest BCUT2D eigenvalue weighted by Gasteiger charge is -2.16. The van der Waals surface area contributed by atoms with E-state index < -0.39 is 35.4 Å². The number of para-hydroxylation sites is 1. The molecule has 0 aliphatic rings. The molecule has 0 radical (unpaired) electrons. The third-order valence-electron chi connectivity index (χ3n) is 6.42. The van der Waals surface area contributed by atoms with Gasteiger partial charge in [0.2, 0.25) is 5.75 Å². The highest BCUT2D eigenvalue weighted by atomic mass is 16.6. The smallest absolute Gasteiger partial charge is 0.338 e. The van der Waals surface area contributed by atoms with Gasteiger partial charge in [-0.1, -0.05) is 71.4 Å². The number of carbonyl (C=O) groups is 4. The van der Waals surface area contributed by atoms with Crippen molar-refractivity contribution in [3.63, 3.8) is 0 Å². The molecule has 0 fully saturated rings. The number of ether oxygens (including phenoxy) is 4. The van der Waals surface area contributed by atoms with Crippen LogP contribution in [0.25, 0.3) is 0 Å². The zero-order valence-electron chi connectivity index (χ0n) is 25.2. The Hall–Kier alpha value is -4.28. The van der Waals surface area contributed by atoms with Gasteiger partial charge in [0.05, 0.1) is 16.1 Å². The van der Waals surface area contributed by atoms with E-state index >= 15 is 0 Å². The van der Waals surface area contributed by atoms with Crippen molar-refractivity contribution in [1.82, 2.24) is 0 Å². The van der Waals surface area contributed by atoms with Crippen LogP contribution in [0.4, 0.5) is 5.69 Å². The zero-order valence-corrected chi connectivity index (χ0v) is 25.2. The van der Waals surface area contributed by atoms with Crippen molar-refractivity contribution in [2.75, 3.05) is 0 Å². The maximum absolute atomic E-state index is 13.1. The summed E-state index contributed by atoms with van der Waals surface area (Å²) in [7, 11) is 0. The first-order valence-electron chi connectivity index (χ1n) is 14.9. The van der Waals surface area contributed by atoms with Crippen molar-refractivity contribution in [3.8, 4) is 17.2 Å². The van der Waals surface area contributed by atoms with E-state index in [4.69, 9.17) is 18.9 Å². The number of unbranched alkanes of at least 4 members (excludes halogenated alkanes) is 6. The van der Waals surface area contributed by atoms with Gasteiger partial charge in [-0.3, -0.25) is 24.5 Å². The Bertz CT molecular complexity index is 1210. The first-order valence-corrected chi connectivity index (χ1v) is 14.9. The number of esters is 4. The predicted molar refractivity (Wildman–Crippen MR) is 158 cm³/mol. The Morgan fingerprint density at radius 3 is 1.63 bits per heavy atom. The third kappa shape index (κ3) is 12.2. The van der Waals surface area contributed by atoms with Gasteiger partial charge in [0, 0.05) is 25.3 Å². The van der Waals surface area contributed by atoms with Crippen LogP contribution in [-0.4, -0.2) is 28.8 Å². The molecular weight excluding hydrogens is 558 g/mol. The Labute approximate surface area is 252 Å². The highest BCUT2D eigenvalue weighted by Gasteiger charge is 2.25. The molecule has 11 heteroatoms. The second kappa shape index (κ2) is 19.0. The molecule has 0 aliphatic heterocycles. The van der Waals surface area contributed by atoms with Gasteiger partial charge in [-0.25, -0.2) is 4.79 Å². The highest BCUT2D eigenvalue weighted by Crippen LogP contribution is 2.40. The topological polar surface area (TPSA) is 148 Å².